The van der Waals surface area contributed by atoms with Crippen molar-refractivity contribution in [3.8, 4) is 5.75 Å². The van der Waals surface area contributed by atoms with Crippen molar-refractivity contribution in [2.24, 2.45) is 0 Å². The fraction of sp³-hybridized carbons (Fsp3) is 0.364. The van der Waals surface area contributed by atoms with Gasteiger partial charge in [-0.2, -0.15) is 0 Å². The molecule has 0 saturated carbocycles. The van der Waals surface area contributed by atoms with Crippen LogP contribution < -0.4 is 10.1 Å². The third kappa shape index (κ3) is 6.75. The number of ether oxygens (including phenoxy) is 2. The van der Waals surface area contributed by atoms with Gasteiger partial charge in [0.2, 0.25) is 5.91 Å². The van der Waals surface area contributed by atoms with Crippen molar-refractivity contribution in [2.45, 2.75) is 40.0 Å². The normalized spacial score (nSPS) is 10.5. The topological polar surface area (TPSA) is 64.6 Å². The van der Waals surface area contributed by atoms with Crippen LogP contribution in [0.1, 0.15) is 47.7 Å². The fourth-order valence-electron chi connectivity index (χ4n) is 2.65. The van der Waals surface area contributed by atoms with Crippen molar-refractivity contribution in [3.05, 3.63) is 56.5 Å². The molecule has 2 aromatic carbocycles. The molecule has 0 atom stereocenters. The Bertz CT molecular complexity index is 885. The smallest absolute Gasteiger partial charge is 0.338 e. The van der Waals surface area contributed by atoms with Crippen LogP contribution in [-0.2, 0) is 9.53 Å². The molecule has 29 heavy (non-hydrogen) atoms. The van der Waals surface area contributed by atoms with Crippen LogP contribution in [0.2, 0.25) is 5.02 Å². The van der Waals surface area contributed by atoms with E-state index in [9.17, 15) is 9.59 Å². The van der Waals surface area contributed by atoms with Gasteiger partial charge in [-0.1, -0.05) is 24.6 Å². The Labute approximate surface area is 184 Å². The molecule has 0 aromatic heterocycles. The first kappa shape index (κ1) is 23.2. The summed E-state index contributed by atoms with van der Waals surface area (Å²) in [6.45, 7) is 6.55. The number of hydrogen-bond acceptors (Lipinski definition) is 4. The molecule has 0 spiro atoms. The third-order valence-electron chi connectivity index (χ3n) is 4.19. The molecule has 2 rings (SSSR count). The van der Waals surface area contributed by atoms with Crippen LogP contribution in [0.25, 0.3) is 0 Å². The van der Waals surface area contributed by atoms with Gasteiger partial charge in [-0.3, -0.25) is 4.79 Å². The van der Waals surface area contributed by atoms with Gasteiger partial charge >= 0.3 is 5.97 Å². The van der Waals surface area contributed by atoms with Crippen LogP contribution in [0.5, 0.6) is 5.75 Å². The molecule has 1 N–H and O–H groups in total. The average molecular weight is 483 g/mol. The monoisotopic (exact) mass is 481 g/mol. The summed E-state index contributed by atoms with van der Waals surface area (Å²) in [6, 6.07) is 8.60. The van der Waals surface area contributed by atoms with Crippen molar-refractivity contribution in [1.29, 1.82) is 0 Å². The number of esters is 1. The summed E-state index contributed by atoms with van der Waals surface area (Å²) in [4.78, 5) is 24.1. The number of aryl methyl sites for hydroxylation is 1. The Balaban J connectivity index is 1.83. The second-order valence-electron chi connectivity index (χ2n) is 6.66. The highest BCUT2D eigenvalue weighted by Gasteiger charge is 2.12. The lowest BCUT2D eigenvalue weighted by atomic mass is 10.1. The maximum atomic E-state index is 12.2. The largest absolute Gasteiger partial charge is 0.492 e. The summed E-state index contributed by atoms with van der Waals surface area (Å²) in [6.07, 6.45) is 1.61. The van der Waals surface area contributed by atoms with Crippen LogP contribution in [0.15, 0.2) is 34.8 Å². The van der Waals surface area contributed by atoms with Crippen LogP contribution in [0, 0.1) is 13.8 Å². The van der Waals surface area contributed by atoms with E-state index in [0.717, 1.165) is 22.0 Å². The summed E-state index contributed by atoms with van der Waals surface area (Å²) in [5.74, 6) is 0.175. The summed E-state index contributed by atoms with van der Waals surface area (Å²) in [7, 11) is 0. The Kier molecular flexibility index (Phi) is 8.99. The SMILES string of the molecule is CCCOC(=O)c1cccc(NC(=O)CCCOc2cc(C)c(Cl)c(C)c2Br)c1. The number of halogens is 2. The van der Waals surface area contributed by atoms with E-state index in [-0.39, 0.29) is 5.91 Å². The Morgan fingerprint density at radius 1 is 1.17 bits per heavy atom. The van der Waals surface area contributed by atoms with Crippen LogP contribution in [0.4, 0.5) is 5.69 Å². The van der Waals surface area contributed by atoms with Crippen LogP contribution in [-0.4, -0.2) is 25.1 Å². The maximum Gasteiger partial charge on any atom is 0.338 e. The molecule has 0 aliphatic carbocycles. The lowest BCUT2D eigenvalue weighted by molar-refractivity contribution is -0.116. The number of anilines is 1. The number of carbonyl (C=O) groups excluding carboxylic acids is 2. The molecule has 156 valence electrons. The zero-order valence-corrected chi connectivity index (χ0v) is 19.2. The summed E-state index contributed by atoms with van der Waals surface area (Å²) >= 11 is 9.72. The first-order valence-corrected chi connectivity index (χ1v) is 10.7. The quantitative estimate of drug-likeness (QED) is 0.347. The minimum absolute atomic E-state index is 0.143. The summed E-state index contributed by atoms with van der Waals surface area (Å²) < 4.78 is 11.7. The molecule has 0 fully saturated rings. The molecule has 5 nitrogen and oxygen atoms in total. The van der Waals surface area contributed by atoms with Gasteiger partial charge in [-0.15, -0.1) is 0 Å². The second-order valence-corrected chi connectivity index (χ2v) is 7.83. The third-order valence-corrected chi connectivity index (χ3v) is 5.76. The Morgan fingerprint density at radius 3 is 2.66 bits per heavy atom. The van der Waals surface area contributed by atoms with Gasteiger partial charge in [0.15, 0.2) is 0 Å². The second kappa shape index (κ2) is 11.2. The number of amides is 1. The van der Waals surface area contributed by atoms with E-state index in [1.165, 1.54) is 0 Å². The van der Waals surface area contributed by atoms with Crippen molar-refractivity contribution in [3.63, 3.8) is 0 Å². The van der Waals surface area contributed by atoms with Crippen molar-refractivity contribution in [1.82, 2.24) is 0 Å². The highest BCUT2D eigenvalue weighted by atomic mass is 79.9. The van der Waals surface area contributed by atoms with Gasteiger partial charge in [-0.25, -0.2) is 4.79 Å². The van der Waals surface area contributed by atoms with Crippen molar-refractivity contribution >= 4 is 45.1 Å². The van der Waals surface area contributed by atoms with E-state index < -0.39 is 5.97 Å². The zero-order valence-electron chi connectivity index (χ0n) is 16.8. The molecule has 0 unspecified atom stereocenters. The number of benzene rings is 2. The molecule has 1 amide bonds. The number of hydrogen-bond donors (Lipinski definition) is 1. The molecule has 7 heteroatoms. The predicted octanol–water partition coefficient (Wildman–Crippen LogP) is 6.08. The van der Waals surface area contributed by atoms with Gasteiger partial charge in [0.1, 0.15) is 5.75 Å². The Hall–Kier alpha value is -2.05. The van der Waals surface area contributed by atoms with E-state index in [1.54, 1.807) is 24.3 Å². The van der Waals surface area contributed by atoms with E-state index >= 15 is 0 Å². The molecule has 0 aliphatic heterocycles. The first-order valence-electron chi connectivity index (χ1n) is 9.48. The molecule has 0 heterocycles. The van der Waals surface area contributed by atoms with Gasteiger partial charge in [0.05, 0.1) is 23.2 Å². The highest BCUT2D eigenvalue weighted by molar-refractivity contribution is 9.10. The first-order chi connectivity index (χ1) is 13.8. The van der Waals surface area contributed by atoms with Gasteiger partial charge in [0, 0.05) is 17.1 Å². The minimum atomic E-state index is -0.393. The molecule has 0 radical (unpaired) electrons. The van der Waals surface area contributed by atoms with E-state index in [4.69, 9.17) is 21.1 Å². The van der Waals surface area contributed by atoms with Crippen molar-refractivity contribution < 1.29 is 19.1 Å². The van der Waals surface area contributed by atoms with E-state index in [2.05, 4.69) is 21.2 Å². The molecular weight excluding hydrogens is 458 g/mol. The molecule has 0 saturated heterocycles. The van der Waals surface area contributed by atoms with Crippen LogP contribution in [0.3, 0.4) is 0 Å². The zero-order chi connectivity index (χ0) is 21.4. The number of nitrogens with one attached hydrogen (secondary N) is 1. The minimum Gasteiger partial charge on any atom is -0.492 e. The standard InChI is InChI=1S/C22H25BrClNO4/c1-4-10-29-22(27)16-7-5-8-17(13-16)25-19(26)9-6-11-28-18-12-14(2)21(24)15(3)20(18)23/h5,7-8,12-13H,4,6,9-11H2,1-3H3,(H,25,26). The maximum absolute atomic E-state index is 12.2. The molecular formula is C22H25BrClNO4. The van der Waals surface area contributed by atoms with E-state index in [1.807, 2.05) is 26.8 Å². The van der Waals surface area contributed by atoms with Crippen molar-refractivity contribution in [2.75, 3.05) is 18.5 Å². The molecule has 0 bridgehead atoms. The van der Waals surface area contributed by atoms with Gasteiger partial charge in [-0.05, 0) is 78.0 Å². The number of carbonyl (C=O) groups is 2. The average Bonchev–Trinajstić information content (AvgIpc) is 2.71. The Morgan fingerprint density at radius 2 is 1.93 bits per heavy atom. The lowest BCUT2D eigenvalue weighted by Gasteiger charge is -2.13. The molecule has 2 aromatic rings. The molecule has 0 aliphatic rings. The summed E-state index contributed by atoms with van der Waals surface area (Å²) in [5, 5.41) is 3.51. The van der Waals surface area contributed by atoms with Gasteiger partial charge < -0.3 is 14.8 Å². The highest BCUT2D eigenvalue weighted by Crippen LogP contribution is 2.35. The predicted molar refractivity (Wildman–Crippen MR) is 119 cm³/mol. The lowest BCUT2D eigenvalue weighted by Crippen LogP contribution is -2.14. The fourth-order valence-corrected chi connectivity index (χ4v) is 3.34. The van der Waals surface area contributed by atoms with Gasteiger partial charge in [0.25, 0.3) is 0 Å². The summed E-state index contributed by atoms with van der Waals surface area (Å²) in [5.41, 5.74) is 2.85. The van der Waals surface area contributed by atoms with E-state index in [0.29, 0.717) is 48.1 Å². The number of rotatable bonds is 9. The van der Waals surface area contributed by atoms with Crippen LogP contribution >= 0.6 is 27.5 Å².